The van der Waals surface area contributed by atoms with Crippen LogP contribution >= 0.6 is 11.3 Å². The Balaban J connectivity index is 1.80. The smallest absolute Gasteiger partial charge is 0.263 e. The van der Waals surface area contributed by atoms with Gasteiger partial charge in [-0.1, -0.05) is 30.3 Å². The fraction of sp³-hybridized carbons (Fsp3) is 0.231. The minimum Gasteiger partial charge on any atom is -0.349 e. The van der Waals surface area contributed by atoms with Crippen molar-refractivity contribution in [2.24, 2.45) is 0 Å². The third kappa shape index (κ3) is 2.36. The van der Waals surface area contributed by atoms with Gasteiger partial charge in [0, 0.05) is 11.6 Å². The second-order valence-corrected chi connectivity index (χ2v) is 5.17. The van der Waals surface area contributed by atoms with Gasteiger partial charge in [-0.25, -0.2) is 4.98 Å². The second-order valence-electron chi connectivity index (χ2n) is 4.14. The molecule has 1 fully saturated rings. The first-order valence-corrected chi connectivity index (χ1v) is 6.47. The molecule has 2 aromatic rings. The Hall–Kier alpha value is -1.68. The normalized spacial score (nSPS) is 14.6. The lowest BCUT2D eigenvalue weighted by atomic mass is 10.2. The zero-order valence-electron chi connectivity index (χ0n) is 9.22. The molecule has 0 atom stereocenters. The number of nitrogens with one attached hydrogen (secondary N) is 1. The third-order valence-electron chi connectivity index (χ3n) is 2.66. The molecule has 1 aromatic carbocycles. The number of thiazole rings is 1. The topological polar surface area (TPSA) is 42.0 Å². The monoisotopic (exact) mass is 244 g/mol. The molecule has 0 radical (unpaired) electrons. The van der Waals surface area contributed by atoms with Crippen LogP contribution in [0.2, 0.25) is 0 Å². The summed E-state index contributed by atoms with van der Waals surface area (Å²) in [5, 5.41) is 3.86. The molecule has 3 rings (SSSR count). The number of aromatic nitrogens is 1. The Labute approximate surface area is 104 Å². The van der Waals surface area contributed by atoms with Crippen molar-refractivity contribution in [2.45, 2.75) is 18.9 Å². The first-order chi connectivity index (χ1) is 8.33. The van der Waals surface area contributed by atoms with Gasteiger partial charge in [0.25, 0.3) is 5.91 Å². The van der Waals surface area contributed by atoms with E-state index in [4.69, 9.17) is 0 Å². The molecule has 1 amide bonds. The van der Waals surface area contributed by atoms with Crippen molar-refractivity contribution in [2.75, 3.05) is 0 Å². The molecule has 4 heteroatoms. The summed E-state index contributed by atoms with van der Waals surface area (Å²) in [4.78, 5) is 16.8. The fourth-order valence-corrected chi connectivity index (χ4v) is 2.40. The average molecular weight is 244 g/mol. The van der Waals surface area contributed by atoms with Gasteiger partial charge in [-0.2, -0.15) is 0 Å². The Kier molecular flexibility index (Phi) is 2.65. The van der Waals surface area contributed by atoms with E-state index >= 15 is 0 Å². The quantitative estimate of drug-likeness (QED) is 0.902. The summed E-state index contributed by atoms with van der Waals surface area (Å²) in [6.45, 7) is 0. The van der Waals surface area contributed by atoms with E-state index in [-0.39, 0.29) is 5.91 Å². The van der Waals surface area contributed by atoms with Crippen LogP contribution in [0.3, 0.4) is 0 Å². The van der Waals surface area contributed by atoms with Crippen molar-refractivity contribution in [3.63, 3.8) is 0 Å². The molecule has 1 N–H and O–H groups in total. The molecule has 86 valence electrons. The van der Waals surface area contributed by atoms with Crippen LogP contribution in [0, 0.1) is 0 Å². The van der Waals surface area contributed by atoms with Gasteiger partial charge < -0.3 is 5.32 Å². The van der Waals surface area contributed by atoms with E-state index in [1.165, 1.54) is 11.3 Å². The highest BCUT2D eigenvalue weighted by atomic mass is 32.1. The summed E-state index contributed by atoms with van der Waals surface area (Å²) in [5.74, 6) is 0.00665. The molecular formula is C13H12N2OS. The predicted molar refractivity (Wildman–Crippen MR) is 68.0 cm³/mol. The Morgan fingerprint density at radius 2 is 2.06 bits per heavy atom. The minimum absolute atomic E-state index is 0.00665. The predicted octanol–water partition coefficient (Wildman–Crippen LogP) is 2.70. The highest BCUT2D eigenvalue weighted by Gasteiger charge is 2.24. The summed E-state index contributed by atoms with van der Waals surface area (Å²) in [6.07, 6.45) is 3.87. The van der Waals surface area contributed by atoms with Gasteiger partial charge in [0.15, 0.2) is 0 Å². The summed E-state index contributed by atoms with van der Waals surface area (Å²) in [6, 6.07) is 10.3. The van der Waals surface area contributed by atoms with Crippen molar-refractivity contribution in [1.29, 1.82) is 0 Å². The Morgan fingerprint density at radius 1 is 1.29 bits per heavy atom. The SMILES string of the molecule is O=C(NC1CC1)c1cnc(-c2ccccc2)s1. The van der Waals surface area contributed by atoms with Crippen LogP contribution in [0.25, 0.3) is 10.6 Å². The molecule has 1 aliphatic rings. The standard InChI is InChI=1S/C13H12N2OS/c16-12(15-10-6-7-10)11-8-14-13(17-11)9-4-2-1-3-5-9/h1-5,8,10H,6-7H2,(H,15,16). The summed E-state index contributed by atoms with van der Waals surface area (Å²) in [5.41, 5.74) is 1.06. The molecule has 1 aliphatic carbocycles. The van der Waals surface area contributed by atoms with Gasteiger partial charge in [-0.3, -0.25) is 4.79 Å². The van der Waals surface area contributed by atoms with Crippen molar-refractivity contribution in [3.8, 4) is 10.6 Å². The van der Waals surface area contributed by atoms with Gasteiger partial charge in [0.1, 0.15) is 9.88 Å². The Bertz CT molecular complexity index is 531. The zero-order valence-corrected chi connectivity index (χ0v) is 10.0. The van der Waals surface area contributed by atoms with E-state index in [9.17, 15) is 4.79 Å². The molecule has 0 unspecified atom stereocenters. The lowest BCUT2D eigenvalue weighted by molar-refractivity contribution is 0.0955. The van der Waals surface area contributed by atoms with E-state index < -0.39 is 0 Å². The molecule has 1 heterocycles. The highest BCUT2D eigenvalue weighted by molar-refractivity contribution is 7.16. The van der Waals surface area contributed by atoms with Gasteiger partial charge in [-0.15, -0.1) is 11.3 Å². The zero-order chi connectivity index (χ0) is 11.7. The number of rotatable bonds is 3. The first-order valence-electron chi connectivity index (χ1n) is 5.65. The van der Waals surface area contributed by atoms with E-state index in [0.717, 1.165) is 23.4 Å². The summed E-state index contributed by atoms with van der Waals surface area (Å²) >= 11 is 1.44. The molecule has 0 aliphatic heterocycles. The van der Waals surface area contributed by atoms with Crippen molar-refractivity contribution in [1.82, 2.24) is 10.3 Å². The Morgan fingerprint density at radius 3 is 2.76 bits per heavy atom. The van der Waals surface area contributed by atoms with E-state index in [2.05, 4.69) is 10.3 Å². The maximum absolute atomic E-state index is 11.8. The molecular weight excluding hydrogens is 232 g/mol. The van der Waals surface area contributed by atoms with Crippen LogP contribution < -0.4 is 5.32 Å². The molecule has 1 aromatic heterocycles. The van der Waals surface area contributed by atoms with Gasteiger partial charge >= 0.3 is 0 Å². The first kappa shape index (κ1) is 10.5. The van der Waals surface area contributed by atoms with E-state index in [1.807, 2.05) is 30.3 Å². The van der Waals surface area contributed by atoms with E-state index in [0.29, 0.717) is 10.9 Å². The van der Waals surface area contributed by atoms with Gasteiger partial charge in [0.05, 0.1) is 6.20 Å². The molecule has 0 bridgehead atoms. The lowest BCUT2D eigenvalue weighted by Crippen LogP contribution is -2.24. The molecule has 17 heavy (non-hydrogen) atoms. The minimum atomic E-state index is 0.00665. The molecule has 0 saturated heterocycles. The number of amides is 1. The average Bonchev–Trinajstić information content (AvgIpc) is 3.04. The number of benzene rings is 1. The largest absolute Gasteiger partial charge is 0.349 e. The molecule has 3 nitrogen and oxygen atoms in total. The van der Waals surface area contributed by atoms with Crippen LogP contribution in [0.5, 0.6) is 0 Å². The third-order valence-corrected chi connectivity index (χ3v) is 3.71. The highest BCUT2D eigenvalue weighted by Crippen LogP contribution is 2.26. The van der Waals surface area contributed by atoms with Crippen LogP contribution in [0.15, 0.2) is 36.5 Å². The fourth-order valence-electron chi connectivity index (χ4n) is 1.58. The summed E-state index contributed by atoms with van der Waals surface area (Å²) < 4.78 is 0. The van der Waals surface area contributed by atoms with Crippen LogP contribution in [0.4, 0.5) is 0 Å². The molecule has 0 spiro atoms. The van der Waals surface area contributed by atoms with Crippen LogP contribution in [-0.4, -0.2) is 16.9 Å². The van der Waals surface area contributed by atoms with Crippen LogP contribution in [-0.2, 0) is 0 Å². The number of hydrogen-bond donors (Lipinski definition) is 1. The number of hydrogen-bond acceptors (Lipinski definition) is 3. The van der Waals surface area contributed by atoms with Gasteiger partial charge in [-0.05, 0) is 12.8 Å². The lowest BCUT2D eigenvalue weighted by Gasteiger charge is -1.98. The van der Waals surface area contributed by atoms with Crippen molar-refractivity contribution >= 4 is 17.2 Å². The van der Waals surface area contributed by atoms with Crippen molar-refractivity contribution in [3.05, 3.63) is 41.4 Å². The van der Waals surface area contributed by atoms with E-state index in [1.54, 1.807) is 6.20 Å². The van der Waals surface area contributed by atoms with Crippen LogP contribution in [0.1, 0.15) is 22.5 Å². The van der Waals surface area contributed by atoms with Crippen molar-refractivity contribution < 1.29 is 4.79 Å². The summed E-state index contributed by atoms with van der Waals surface area (Å²) in [7, 11) is 0. The maximum Gasteiger partial charge on any atom is 0.263 e. The number of nitrogens with zero attached hydrogens (tertiary/aromatic N) is 1. The number of carbonyl (C=O) groups excluding carboxylic acids is 1. The molecule has 1 saturated carbocycles. The van der Waals surface area contributed by atoms with Gasteiger partial charge in [0.2, 0.25) is 0 Å². The number of carbonyl (C=O) groups is 1. The maximum atomic E-state index is 11.8. The second kappa shape index (κ2) is 4.30.